The molecule has 0 saturated carbocycles. The van der Waals surface area contributed by atoms with Crippen LogP contribution in [0.2, 0.25) is 5.15 Å². The van der Waals surface area contributed by atoms with E-state index < -0.39 is 0 Å². The summed E-state index contributed by atoms with van der Waals surface area (Å²) in [5.74, 6) is 0. The second-order valence-electron chi connectivity index (χ2n) is 2.65. The lowest BCUT2D eigenvalue weighted by atomic mass is 10.2. The van der Waals surface area contributed by atoms with Gasteiger partial charge in [-0.1, -0.05) is 29.8 Å². The van der Waals surface area contributed by atoms with Gasteiger partial charge in [0.25, 0.3) is 0 Å². The van der Waals surface area contributed by atoms with Gasteiger partial charge in [0, 0.05) is 5.39 Å². The van der Waals surface area contributed by atoms with Gasteiger partial charge in [0.1, 0.15) is 5.15 Å². The van der Waals surface area contributed by atoms with Gasteiger partial charge < -0.3 is 5.73 Å². The molecular weight excluding hydrogens is 251 g/mol. The molecule has 1 heterocycles. The zero-order chi connectivity index (χ0) is 9.42. The fourth-order valence-corrected chi connectivity index (χ4v) is 1.68. The number of nitrogens with zero attached hydrogens (tertiary/aromatic N) is 1. The number of fused-ring (bicyclic) bond motifs is 1. The van der Waals surface area contributed by atoms with E-state index in [1.54, 1.807) is 0 Å². The first kappa shape index (κ1) is 8.78. The third-order valence-corrected chi connectivity index (χ3v) is 3.13. The number of benzene rings is 1. The molecule has 0 amide bonds. The van der Waals surface area contributed by atoms with Crippen LogP contribution in [0.1, 0.15) is 0 Å². The molecule has 0 fully saturated rings. The molecule has 0 unspecified atom stereocenters. The SMILES string of the molecule is Nc1c(Br)c(Cl)nc2ccccc12. The highest BCUT2D eigenvalue weighted by atomic mass is 79.9. The number of rotatable bonds is 0. The van der Waals surface area contributed by atoms with E-state index in [4.69, 9.17) is 17.3 Å². The maximum absolute atomic E-state index is 5.85. The molecule has 0 aliphatic rings. The monoisotopic (exact) mass is 256 g/mol. The van der Waals surface area contributed by atoms with Crippen molar-refractivity contribution in [3.63, 3.8) is 0 Å². The van der Waals surface area contributed by atoms with Gasteiger partial charge in [-0.25, -0.2) is 4.98 Å². The number of anilines is 1. The molecule has 0 saturated heterocycles. The van der Waals surface area contributed by atoms with E-state index >= 15 is 0 Å². The predicted octanol–water partition coefficient (Wildman–Crippen LogP) is 3.23. The maximum atomic E-state index is 5.85. The summed E-state index contributed by atoms with van der Waals surface area (Å²) in [5, 5.41) is 1.31. The van der Waals surface area contributed by atoms with Crippen LogP contribution in [-0.4, -0.2) is 4.98 Å². The number of nitrogen functional groups attached to an aromatic ring is 1. The molecule has 0 bridgehead atoms. The Balaban J connectivity index is 2.94. The van der Waals surface area contributed by atoms with Gasteiger partial charge in [0.15, 0.2) is 0 Å². The van der Waals surface area contributed by atoms with Crippen molar-refractivity contribution >= 4 is 44.1 Å². The highest BCUT2D eigenvalue weighted by Crippen LogP contribution is 2.32. The van der Waals surface area contributed by atoms with E-state index in [-0.39, 0.29) is 0 Å². The molecule has 13 heavy (non-hydrogen) atoms. The summed E-state index contributed by atoms with van der Waals surface area (Å²) >= 11 is 9.14. The number of hydrogen-bond acceptors (Lipinski definition) is 2. The molecule has 0 radical (unpaired) electrons. The Morgan fingerprint density at radius 3 is 2.77 bits per heavy atom. The molecular formula is C9H6BrClN2. The van der Waals surface area contributed by atoms with Crippen LogP contribution in [0.3, 0.4) is 0 Å². The van der Waals surface area contributed by atoms with Crippen molar-refractivity contribution in [2.24, 2.45) is 0 Å². The van der Waals surface area contributed by atoms with Gasteiger partial charge in [-0.05, 0) is 22.0 Å². The summed E-state index contributed by atoms with van der Waals surface area (Å²) in [6, 6.07) is 7.61. The van der Waals surface area contributed by atoms with E-state index in [1.165, 1.54) is 0 Å². The lowest BCUT2D eigenvalue weighted by Crippen LogP contribution is -1.92. The first-order chi connectivity index (χ1) is 6.20. The number of aromatic nitrogens is 1. The molecule has 2 nitrogen and oxygen atoms in total. The van der Waals surface area contributed by atoms with Crippen LogP contribution in [0.4, 0.5) is 5.69 Å². The second-order valence-corrected chi connectivity index (χ2v) is 3.80. The molecule has 2 rings (SSSR count). The summed E-state index contributed by atoms with van der Waals surface area (Å²) in [7, 11) is 0. The van der Waals surface area contributed by atoms with Crippen LogP contribution in [0, 0.1) is 0 Å². The summed E-state index contributed by atoms with van der Waals surface area (Å²) in [6.07, 6.45) is 0. The third-order valence-electron chi connectivity index (χ3n) is 1.83. The minimum absolute atomic E-state index is 0.399. The van der Waals surface area contributed by atoms with Crippen LogP contribution in [0.15, 0.2) is 28.7 Å². The average Bonchev–Trinajstić information content (AvgIpc) is 2.15. The highest BCUT2D eigenvalue weighted by Gasteiger charge is 2.07. The molecule has 0 spiro atoms. The Morgan fingerprint density at radius 1 is 1.31 bits per heavy atom. The standard InChI is InChI=1S/C9H6BrClN2/c10-7-8(12)5-3-1-2-4-6(5)13-9(7)11/h1-4H,(H2,12,13). The summed E-state index contributed by atoms with van der Waals surface area (Å²) in [5.41, 5.74) is 7.30. The van der Waals surface area contributed by atoms with Gasteiger partial charge in [0.2, 0.25) is 0 Å². The lowest BCUT2D eigenvalue weighted by Gasteiger charge is -2.04. The Labute approximate surface area is 88.8 Å². The van der Waals surface area contributed by atoms with Gasteiger partial charge in [0.05, 0.1) is 15.7 Å². The Kier molecular flexibility index (Phi) is 2.14. The first-order valence-corrected chi connectivity index (χ1v) is 4.86. The van der Waals surface area contributed by atoms with E-state index in [0.717, 1.165) is 10.9 Å². The Hall–Kier alpha value is -0.800. The molecule has 2 N–H and O–H groups in total. The zero-order valence-electron chi connectivity index (χ0n) is 6.59. The van der Waals surface area contributed by atoms with Crippen molar-refractivity contribution in [1.29, 1.82) is 0 Å². The smallest absolute Gasteiger partial charge is 0.146 e. The van der Waals surface area contributed by atoms with Crippen molar-refractivity contribution in [2.75, 3.05) is 5.73 Å². The fraction of sp³-hybridized carbons (Fsp3) is 0. The molecule has 2 aromatic rings. The maximum Gasteiger partial charge on any atom is 0.146 e. The van der Waals surface area contributed by atoms with Crippen molar-refractivity contribution in [1.82, 2.24) is 4.98 Å². The van der Waals surface area contributed by atoms with Crippen LogP contribution >= 0.6 is 27.5 Å². The van der Waals surface area contributed by atoms with Crippen molar-refractivity contribution in [3.05, 3.63) is 33.9 Å². The molecule has 1 aromatic heterocycles. The minimum Gasteiger partial charge on any atom is -0.397 e. The number of para-hydroxylation sites is 1. The fourth-order valence-electron chi connectivity index (χ4n) is 1.18. The van der Waals surface area contributed by atoms with E-state index in [0.29, 0.717) is 15.3 Å². The molecule has 66 valence electrons. The van der Waals surface area contributed by atoms with Crippen molar-refractivity contribution in [3.8, 4) is 0 Å². The van der Waals surface area contributed by atoms with Gasteiger partial charge >= 0.3 is 0 Å². The molecule has 0 aliphatic carbocycles. The number of hydrogen-bond donors (Lipinski definition) is 1. The van der Waals surface area contributed by atoms with Crippen LogP contribution < -0.4 is 5.73 Å². The van der Waals surface area contributed by atoms with Gasteiger partial charge in [-0.2, -0.15) is 0 Å². The third kappa shape index (κ3) is 1.38. The van der Waals surface area contributed by atoms with Crippen LogP contribution in [0.5, 0.6) is 0 Å². The lowest BCUT2D eigenvalue weighted by molar-refractivity contribution is 1.39. The van der Waals surface area contributed by atoms with Crippen LogP contribution in [0.25, 0.3) is 10.9 Å². The topological polar surface area (TPSA) is 38.9 Å². The Morgan fingerprint density at radius 2 is 2.00 bits per heavy atom. The average molecular weight is 258 g/mol. The number of halogens is 2. The predicted molar refractivity (Wildman–Crippen MR) is 58.9 cm³/mol. The van der Waals surface area contributed by atoms with E-state index in [9.17, 15) is 0 Å². The number of pyridine rings is 1. The van der Waals surface area contributed by atoms with Crippen molar-refractivity contribution in [2.45, 2.75) is 0 Å². The summed E-state index contributed by atoms with van der Waals surface area (Å²) < 4.78 is 0.660. The zero-order valence-corrected chi connectivity index (χ0v) is 8.93. The summed E-state index contributed by atoms with van der Waals surface area (Å²) in [6.45, 7) is 0. The van der Waals surface area contributed by atoms with Gasteiger partial charge in [-0.3, -0.25) is 0 Å². The minimum atomic E-state index is 0.399. The van der Waals surface area contributed by atoms with E-state index in [1.807, 2.05) is 24.3 Å². The molecule has 0 aliphatic heterocycles. The highest BCUT2D eigenvalue weighted by molar-refractivity contribution is 9.10. The second kappa shape index (κ2) is 3.16. The van der Waals surface area contributed by atoms with E-state index in [2.05, 4.69) is 20.9 Å². The molecule has 4 heteroatoms. The first-order valence-electron chi connectivity index (χ1n) is 3.69. The normalized spacial score (nSPS) is 10.6. The number of nitrogens with two attached hydrogens (primary N) is 1. The van der Waals surface area contributed by atoms with Crippen LogP contribution in [-0.2, 0) is 0 Å². The largest absolute Gasteiger partial charge is 0.397 e. The summed E-state index contributed by atoms with van der Waals surface area (Å²) in [4.78, 5) is 4.17. The van der Waals surface area contributed by atoms with Crippen molar-refractivity contribution < 1.29 is 0 Å². The molecule has 0 atom stereocenters. The molecule has 1 aromatic carbocycles. The Bertz CT molecular complexity index is 470. The van der Waals surface area contributed by atoms with Gasteiger partial charge in [-0.15, -0.1) is 0 Å². The quantitative estimate of drug-likeness (QED) is 0.736.